The summed E-state index contributed by atoms with van der Waals surface area (Å²) in [7, 11) is 0. The average molecular weight is 132 g/mol. The van der Waals surface area contributed by atoms with E-state index >= 15 is 0 Å². The van der Waals surface area contributed by atoms with E-state index in [9.17, 15) is 0 Å². The van der Waals surface area contributed by atoms with E-state index in [1.165, 1.54) is 0 Å². The SMILES string of the molecule is CC1C[C@H](O)[C@H](CO)O1. The zero-order chi connectivity index (χ0) is 6.85. The predicted octanol–water partition coefficient (Wildman–Crippen LogP) is -0.483. The van der Waals surface area contributed by atoms with Crippen molar-refractivity contribution in [3.05, 3.63) is 0 Å². The Kier molecular flexibility index (Phi) is 2.05. The molecule has 1 heterocycles. The highest BCUT2D eigenvalue weighted by Crippen LogP contribution is 2.18. The van der Waals surface area contributed by atoms with Gasteiger partial charge in [-0.1, -0.05) is 0 Å². The summed E-state index contributed by atoms with van der Waals surface area (Å²) < 4.78 is 5.12. The van der Waals surface area contributed by atoms with Gasteiger partial charge in [0, 0.05) is 6.42 Å². The Balaban J connectivity index is 2.38. The number of hydrogen-bond acceptors (Lipinski definition) is 3. The molecule has 1 unspecified atom stereocenters. The van der Waals surface area contributed by atoms with Gasteiger partial charge in [-0.25, -0.2) is 0 Å². The molecule has 0 bridgehead atoms. The monoisotopic (exact) mass is 132 g/mol. The van der Waals surface area contributed by atoms with E-state index in [0.29, 0.717) is 6.42 Å². The van der Waals surface area contributed by atoms with Gasteiger partial charge in [-0.3, -0.25) is 0 Å². The summed E-state index contributed by atoms with van der Waals surface area (Å²) in [6, 6.07) is 0. The van der Waals surface area contributed by atoms with Gasteiger partial charge in [0.15, 0.2) is 0 Å². The number of ether oxygens (including phenoxy) is 1. The van der Waals surface area contributed by atoms with Crippen molar-refractivity contribution in [3.8, 4) is 0 Å². The lowest BCUT2D eigenvalue weighted by molar-refractivity contribution is -0.0170. The van der Waals surface area contributed by atoms with Crippen LogP contribution in [0.5, 0.6) is 0 Å². The molecule has 2 N–H and O–H groups in total. The summed E-state index contributed by atoms with van der Waals surface area (Å²) in [6.45, 7) is 1.81. The topological polar surface area (TPSA) is 49.7 Å². The minimum Gasteiger partial charge on any atom is -0.394 e. The highest BCUT2D eigenvalue weighted by Gasteiger charge is 2.30. The molecule has 1 aliphatic rings. The van der Waals surface area contributed by atoms with Gasteiger partial charge in [0.2, 0.25) is 0 Å². The Morgan fingerprint density at radius 3 is 2.56 bits per heavy atom. The van der Waals surface area contributed by atoms with Crippen LogP contribution < -0.4 is 0 Å². The highest BCUT2D eigenvalue weighted by atomic mass is 16.5. The van der Waals surface area contributed by atoms with Gasteiger partial charge in [0.25, 0.3) is 0 Å². The molecule has 3 heteroatoms. The maximum atomic E-state index is 9.07. The molecule has 0 aliphatic carbocycles. The summed E-state index contributed by atoms with van der Waals surface area (Å²) in [6.07, 6.45) is -0.0762. The van der Waals surface area contributed by atoms with Crippen LogP contribution in [0.15, 0.2) is 0 Å². The van der Waals surface area contributed by atoms with E-state index in [1.54, 1.807) is 0 Å². The molecule has 0 aromatic rings. The van der Waals surface area contributed by atoms with Crippen LogP contribution in [0.1, 0.15) is 13.3 Å². The molecule has 0 radical (unpaired) electrons. The van der Waals surface area contributed by atoms with Crippen molar-refractivity contribution in [3.63, 3.8) is 0 Å². The van der Waals surface area contributed by atoms with Crippen molar-refractivity contribution in [1.29, 1.82) is 0 Å². The van der Waals surface area contributed by atoms with E-state index < -0.39 is 6.10 Å². The average Bonchev–Trinajstić information content (AvgIpc) is 2.10. The molecule has 0 spiro atoms. The maximum absolute atomic E-state index is 9.07. The molecule has 3 nitrogen and oxygen atoms in total. The molecular weight excluding hydrogens is 120 g/mol. The van der Waals surface area contributed by atoms with E-state index in [2.05, 4.69) is 0 Å². The Labute approximate surface area is 54.3 Å². The standard InChI is InChI=1S/C6H12O3/c1-4-2-5(8)6(3-7)9-4/h4-8H,2-3H2,1H3/t4?,5-,6-/m0/s1. The van der Waals surface area contributed by atoms with Crippen molar-refractivity contribution < 1.29 is 14.9 Å². The molecular formula is C6H12O3. The summed E-state index contributed by atoms with van der Waals surface area (Å²) in [5.41, 5.74) is 0. The van der Waals surface area contributed by atoms with E-state index in [1.807, 2.05) is 6.92 Å². The molecule has 3 atom stereocenters. The molecule has 54 valence electrons. The van der Waals surface area contributed by atoms with Gasteiger partial charge in [-0.15, -0.1) is 0 Å². The van der Waals surface area contributed by atoms with Gasteiger partial charge in [0.05, 0.1) is 18.8 Å². The van der Waals surface area contributed by atoms with Crippen molar-refractivity contribution in [1.82, 2.24) is 0 Å². The molecule has 0 aromatic carbocycles. The van der Waals surface area contributed by atoms with Gasteiger partial charge >= 0.3 is 0 Å². The van der Waals surface area contributed by atoms with Gasteiger partial charge in [-0.05, 0) is 6.92 Å². The van der Waals surface area contributed by atoms with Crippen LogP contribution in [0.2, 0.25) is 0 Å². The van der Waals surface area contributed by atoms with Crippen LogP contribution in [0, 0.1) is 0 Å². The molecule has 1 fully saturated rings. The quantitative estimate of drug-likeness (QED) is 0.506. The number of aliphatic hydroxyl groups excluding tert-OH is 2. The zero-order valence-corrected chi connectivity index (χ0v) is 5.45. The minimum absolute atomic E-state index is 0.0779. The second kappa shape index (κ2) is 2.64. The number of hydrogen-bond donors (Lipinski definition) is 2. The third-order valence-electron chi connectivity index (χ3n) is 1.59. The van der Waals surface area contributed by atoms with Crippen LogP contribution in [0.3, 0.4) is 0 Å². The lowest BCUT2D eigenvalue weighted by atomic mass is 10.1. The lowest BCUT2D eigenvalue weighted by Crippen LogP contribution is -2.24. The molecule has 1 saturated heterocycles. The fourth-order valence-electron chi connectivity index (χ4n) is 1.10. The zero-order valence-electron chi connectivity index (χ0n) is 5.45. The van der Waals surface area contributed by atoms with Gasteiger partial charge in [0.1, 0.15) is 6.10 Å². The van der Waals surface area contributed by atoms with Crippen molar-refractivity contribution >= 4 is 0 Å². The van der Waals surface area contributed by atoms with Gasteiger partial charge in [-0.2, -0.15) is 0 Å². The predicted molar refractivity (Wildman–Crippen MR) is 32.0 cm³/mol. The maximum Gasteiger partial charge on any atom is 0.107 e. The Morgan fingerprint density at radius 1 is 1.67 bits per heavy atom. The van der Waals surface area contributed by atoms with Gasteiger partial charge < -0.3 is 14.9 Å². The van der Waals surface area contributed by atoms with E-state index in [0.717, 1.165) is 0 Å². The van der Waals surface area contributed by atoms with Crippen LogP contribution in [0.25, 0.3) is 0 Å². The summed E-state index contributed by atoms with van der Waals surface area (Å²) in [5.74, 6) is 0. The normalized spacial score (nSPS) is 43.7. The van der Waals surface area contributed by atoms with E-state index in [4.69, 9.17) is 14.9 Å². The first kappa shape index (κ1) is 6.99. The molecule has 1 aliphatic heterocycles. The fourth-order valence-corrected chi connectivity index (χ4v) is 1.10. The summed E-state index contributed by atoms with van der Waals surface area (Å²) in [5, 5.41) is 17.6. The Bertz CT molecular complexity index is 94.3. The van der Waals surface area contributed by atoms with Crippen LogP contribution in [0.4, 0.5) is 0 Å². The summed E-state index contributed by atoms with van der Waals surface area (Å²) in [4.78, 5) is 0. The minimum atomic E-state index is -0.468. The first-order valence-corrected chi connectivity index (χ1v) is 3.18. The van der Waals surface area contributed by atoms with Crippen LogP contribution in [-0.2, 0) is 4.74 Å². The molecule has 0 aromatic heterocycles. The first-order chi connectivity index (χ1) is 4.24. The third-order valence-corrected chi connectivity index (χ3v) is 1.59. The number of aliphatic hydroxyl groups is 2. The Hall–Kier alpha value is -0.120. The van der Waals surface area contributed by atoms with E-state index in [-0.39, 0.29) is 18.8 Å². The summed E-state index contributed by atoms with van der Waals surface area (Å²) >= 11 is 0. The number of rotatable bonds is 1. The second-order valence-electron chi connectivity index (χ2n) is 2.47. The van der Waals surface area contributed by atoms with Crippen molar-refractivity contribution in [2.75, 3.05) is 6.61 Å². The molecule has 0 amide bonds. The van der Waals surface area contributed by atoms with Crippen molar-refractivity contribution in [2.24, 2.45) is 0 Å². The molecule has 0 saturated carbocycles. The lowest BCUT2D eigenvalue weighted by Gasteiger charge is -2.08. The van der Waals surface area contributed by atoms with Crippen molar-refractivity contribution in [2.45, 2.75) is 31.7 Å². The second-order valence-corrected chi connectivity index (χ2v) is 2.47. The fraction of sp³-hybridized carbons (Fsp3) is 1.00. The molecule has 1 rings (SSSR count). The first-order valence-electron chi connectivity index (χ1n) is 3.18. The highest BCUT2D eigenvalue weighted by molar-refractivity contribution is 4.78. The smallest absolute Gasteiger partial charge is 0.107 e. The van der Waals surface area contributed by atoms with Crippen LogP contribution >= 0.6 is 0 Å². The largest absolute Gasteiger partial charge is 0.394 e. The third kappa shape index (κ3) is 1.41. The molecule has 9 heavy (non-hydrogen) atoms. The Morgan fingerprint density at radius 2 is 2.33 bits per heavy atom. The van der Waals surface area contributed by atoms with Crippen LogP contribution in [-0.4, -0.2) is 35.1 Å².